The van der Waals surface area contributed by atoms with Gasteiger partial charge in [-0.1, -0.05) is 47.6 Å². The van der Waals surface area contributed by atoms with Gasteiger partial charge in [0.1, 0.15) is 0 Å². The van der Waals surface area contributed by atoms with E-state index in [9.17, 15) is 9.90 Å². The average Bonchev–Trinajstić information content (AvgIpc) is 2.37. The molecular weight excluding hydrogens is 272 g/mol. The fourth-order valence-corrected chi connectivity index (χ4v) is 1.82. The molecule has 22 heavy (non-hydrogen) atoms. The molecule has 2 heteroatoms. The lowest BCUT2D eigenvalue weighted by molar-refractivity contribution is -0.114. The average molecular weight is 302 g/mol. The van der Waals surface area contributed by atoms with Gasteiger partial charge < -0.3 is 5.11 Å². The lowest BCUT2D eigenvalue weighted by Crippen LogP contribution is -2.15. The van der Waals surface area contributed by atoms with E-state index in [-0.39, 0.29) is 5.78 Å². The maximum atomic E-state index is 11.7. The van der Waals surface area contributed by atoms with E-state index in [0.29, 0.717) is 6.42 Å². The summed E-state index contributed by atoms with van der Waals surface area (Å²) in [5.74, 6) is 0.163. The number of ketones is 1. The zero-order valence-electron chi connectivity index (χ0n) is 14.6. The number of carbonyl (C=O) groups is 1. The first kappa shape index (κ1) is 20.3. The Labute approximate surface area is 135 Å². The number of hydrogen-bond acceptors (Lipinski definition) is 2. The molecule has 0 rings (SSSR count). The maximum Gasteiger partial charge on any atom is 0.159 e. The summed E-state index contributed by atoms with van der Waals surface area (Å²) in [6, 6.07) is 0. The fourth-order valence-electron chi connectivity index (χ4n) is 1.82. The number of hydrogen-bond donors (Lipinski definition) is 1. The molecule has 1 atom stereocenters. The van der Waals surface area contributed by atoms with Crippen LogP contribution in [-0.4, -0.2) is 16.5 Å². The Kier molecular flexibility index (Phi) is 9.35. The Bertz CT molecular complexity index is 496. The molecule has 0 fully saturated rings. The van der Waals surface area contributed by atoms with Crippen molar-refractivity contribution in [3.05, 3.63) is 59.8 Å². The molecule has 0 saturated heterocycles. The van der Waals surface area contributed by atoms with Crippen molar-refractivity contribution in [3.63, 3.8) is 0 Å². The SMILES string of the molecule is C=C[C@](C)(O)/C=C/C=C(\C)CC/C=C(\C)CC(=O)C=C(C)C. The van der Waals surface area contributed by atoms with Gasteiger partial charge in [0.2, 0.25) is 0 Å². The van der Waals surface area contributed by atoms with Crippen LogP contribution >= 0.6 is 0 Å². The highest BCUT2D eigenvalue weighted by molar-refractivity contribution is 5.91. The Morgan fingerprint density at radius 3 is 2.36 bits per heavy atom. The van der Waals surface area contributed by atoms with Gasteiger partial charge in [-0.3, -0.25) is 4.79 Å². The van der Waals surface area contributed by atoms with Crippen LogP contribution in [0.3, 0.4) is 0 Å². The molecule has 0 aromatic carbocycles. The molecule has 0 amide bonds. The van der Waals surface area contributed by atoms with Crippen LogP contribution in [0.4, 0.5) is 0 Å². The zero-order valence-corrected chi connectivity index (χ0v) is 14.6. The lowest BCUT2D eigenvalue weighted by atomic mass is 10.0. The van der Waals surface area contributed by atoms with Crippen LogP contribution in [-0.2, 0) is 4.79 Å². The van der Waals surface area contributed by atoms with E-state index >= 15 is 0 Å². The van der Waals surface area contributed by atoms with Gasteiger partial charge in [-0.2, -0.15) is 0 Å². The molecule has 122 valence electrons. The first-order valence-corrected chi connectivity index (χ1v) is 7.70. The van der Waals surface area contributed by atoms with Crippen molar-refractivity contribution in [1.29, 1.82) is 0 Å². The molecule has 0 aromatic heterocycles. The van der Waals surface area contributed by atoms with Crippen LogP contribution in [0.5, 0.6) is 0 Å². The summed E-state index contributed by atoms with van der Waals surface area (Å²) in [7, 11) is 0. The minimum atomic E-state index is -0.960. The molecule has 0 spiro atoms. The van der Waals surface area contributed by atoms with E-state index in [0.717, 1.165) is 24.0 Å². The Morgan fingerprint density at radius 1 is 1.18 bits per heavy atom. The van der Waals surface area contributed by atoms with Crippen molar-refractivity contribution < 1.29 is 9.90 Å². The summed E-state index contributed by atoms with van der Waals surface area (Å²) in [6.07, 6.45) is 13.2. The normalized spacial score (nSPS) is 15.5. The topological polar surface area (TPSA) is 37.3 Å². The van der Waals surface area contributed by atoms with Gasteiger partial charge in [0.05, 0.1) is 5.60 Å². The highest BCUT2D eigenvalue weighted by Crippen LogP contribution is 2.11. The molecule has 0 bridgehead atoms. The predicted octanol–water partition coefficient (Wildman–Crippen LogP) is 5.08. The van der Waals surface area contributed by atoms with Crippen LogP contribution in [0.2, 0.25) is 0 Å². The zero-order chi connectivity index (χ0) is 17.2. The molecule has 0 aliphatic rings. The molecule has 0 aliphatic carbocycles. The van der Waals surface area contributed by atoms with Gasteiger partial charge in [-0.15, -0.1) is 0 Å². The van der Waals surface area contributed by atoms with E-state index in [1.54, 1.807) is 19.1 Å². The number of aliphatic hydroxyl groups is 1. The third-order valence-corrected chi connectivity index (χ3v) is 3.16. The minimum Gasteiger partial charge on any atom is -0.382 e. The summed E-state index contributed by atoms with van der Waals surface area (Å²) in [5.41, 5.74) is 2.42. The number of allylic oxidation sites excluding steroid dienone is 7. The predicted molar refractivity (Wildman–Crippen MR) is 95.8 cm³/mol. The first-order chi connectivity index (χ1) is 10.2. The van der Waals surface area contributed by atoms with Gasteiger partial charge >= 0.3 is 0 Å². The van der Waals surface area contributed by atoms with Crippen molar-refractivity contribution in [2.75, 3.05) is 0 Å². The van der Waals surface area contributed by atoms with Gasteiger partial charge in [0, 0.05) is 6.42 Å². The van der Waals surface area contributed by atoms with Crippen LogP contribution in [0.1, 0.15) is 53.9 Å². The summed E-state index contributed by atoms with van der Waals surface area (Å²) < 4.78 is 0. The standard InChI is InChI=1S/C20H30O2/c1-7-20(6,22)13-9-12-17(4)10-8-11-18(5)15-19(21)14-16(2)3/h7,9,11-14,22H,1,8,10,15H2,2-6H3/b13-9+,17-12+,18-11+/t20-/m0/s1. The third-order valence-electron chi connectivity index (χ3n) is 3.16. The van der Waals surface area contributed by atoms with Crippen molar-refractivity contribution in [1.82, 2.24) is 0 Å². The lowest BCUT2D eigenvalue weighted by Gasteiger charge is -2.11. The summed E-state index contributed by atoms with van der Waals surface area (Å²) in [6.45, 7) is 13.2. The highest BCUT2D eigenvalue weighted by Gasteiger charge is 2.07. The van der Waals surface area contributed by atoms with E-state index in [1.165, 1.54) is 11.6 Å². The van der Waals surface area contributed by atoms with Gasteiger partial charge in [-0.25, -0.2) is 0 Å². The molecule has 0 radical (unpaired) electrons. The second-order valence-corrected chi connectivity index (χ2v) is 6.26. The minimum absolute atomic E-state index is 0.163. The van der Waals surface area contributed by atoms with E-state index in [1.807, 2.05) is 32.9 Å². The third kappa shape index (κ3) is 11.0. The van der Waals surface area contributed by atoms with Gasteiger partial charge in [0.15, 0.2) is 5.78 Å². The summed E-state index contributed by atoms with van der Waals surface area (Å²) in [5, 5.41) is 9.75. The van der Waals surface area contributed by atoms with Crippen molar-refractivity contribution in [2.45, 2.75) is 59.5 Å². The quantitative estimate of drug-likeness (QED) is 0.366. The molecular formula is C20H30O2. The summed E-state index contributed by atoms with van der Waals surface area (Å²) in [4.78, 5) is 11.7. The van der Waals surface area contributed by atoms with Crippen LogP contribution in [0.15, 0.2) is 59.8 Å². The molecule has 0 aromatic rings. The Balaban J connectivity index is 4.33. The molecule has 0 unspecified atom stereocenters. The second-order valence-electron chi connectivity index (χ2n) is 6.26. The largest absolute Gasteiger partial charge is 0.382 e. The summed E-state index contributed by atoms with van der Waals surface area (Å²) >= 11 is 0. The Morgan fingerprint density at radius 2 is 1.82 bits per heavy atom. The smallest absolute Gasteiger partial charge is 0.159 e. The van der Waals surface area contributed by atoms with E-state index in [2.05, 4.69) is 19.6 Å². The number of carbonyl (C=O) groups excluding carboxylic acids is 1. The first-order valence-electron chi connectivity index (χ1n) is 7.70. The maximum absolute atomic E-state index is 11.7. The molecule has 0 heterocycles. The molecule has 0 aliphatic heterocycles. The fraction of sp³-hybridized carbons (Fsp3) is 0.450. The Hall–Kier alpha value is -1.67. The van der Waals surface area contributed by atoms with E-state index in [4.69, 9.17) is 0 Å². The van der Waals surface area contributed by atoms with Gasteiger partial charge in [0.25, 0.3) is 0 Å². The van der Waals surface area contributed by atoms with Crippen LogP contribution in [0, 0.1) is 0 Å². The van der Waals surface area contributed by atoms with Crippen molar-refractivity contribution >= 4 is 5.78 Å². The second kappa shape index (κ2) is 10.1. The monoisotopic (exact) mass is 302 g/mol. The molecule has 2 nitrogen and oxygen atoms in total. The van der Waals surface area contributed by atoms with Crippen molar-refractivity contribution in [3.8, 4) is 0 Å². The highest BCUT2D eigenvalue weighted by atomic mass is 16.3. The molecule has 1 N–H and O–H groups in total. The number of rotatable bonds is 9. The van der Waals surface area contributed by atoms with Crippen LogP contribution < -0.4 is 0 Å². The van der Waals surface area contributed by atoms with E-state index < -0.39 is 5.60 Å². The molecule has 0 saturated carbocycles. The van der Waals surface area contributed by atoms with Crippen LogP contribution in [0.25, 0.3) is 0 Å². The van der Waals surface area contributed by atoms with Gasteiger partial charge in [-0.05, 0) is 59.6 Å². The van der Waals surface area contributed by atoms with Crippen molar-refractivity contribution in [2.24, 2.45) is 0 Å².